The Bertz CT molecular complexity index is 660. The molecule has 0 aliphatic carbocycles. The topological polar surface area (TPSA) is 12.0 Å². The van der Waals surface area contributed by atoms with Gasteiger partial charge in [0.25, 0.3) is 0 Å². The van der Waals surface area contributed by atoms with Gasteiger partial charge in [-0.1, -0.05) is 151 Å². The highest BCUT2D eigenvalue weighted by Gasteiger charge is 2.45. The third kappa shape index (κ3) is 7.05. The SMILES string of the molecule is CCCCCCCCCCCCCC[SiH]1CCNC1(c1ccccc1)c1ccccc1. The lowest BCUT2D eigenvalue weighted by Crippen LogP contribution is -2.48. The molecule has 1 aliphatic rings. The van der Waals surface area contributed by atoms with Crippen LogP contribution in [0.1, 0.15) is 95.1 Å². The molecule has 1 aliphatic heterocycles. The van der Waals surface area contributed by atoms with Crippen molar-refractivity contribution >= 4 is 8.80 Å². The van der Waals surface area contributed by atoms with Crippen molar-refractivity contribution in [3.8, 4) is 0 Å². The number of benzene rings is 2. The minimum absolute atomic E-state index is 0.125. The van der Waals surface area contributed by atoms with Crippen LogP contribution in [-0.4, -0.2) is 15.3 Å². The smallest absolute Gasteiger partial charge is 0.0733 e. The summed E-state index contributed by atoms with van der Waals surface area (Å²) in [6.07, 6.45) is 17.3. The van der Waals surface area contributed by atoms with Crippen molar-refractivity contribution < 1.29 is 0 Å². The van der Waals surface area contributed by atoms with Gasteiger partial charge in [0, 0.05) is 0 Å². The number of nitrogens with one attached hydrogen (secondary N) is 1. The second kappa shape index (κ2) is 13.9. The van der Waals surface area contributed by atoms with Gasteiger partial charge in [0.05, 0.1) is 14.0 Å². The van der Waals surface area contributed by atoms with E-state index in [0.717, 1.165) is 0 Å². The van der Waals surface area contributed by atoms with E-state index in [1.807, 2.05) is 0 Å². The van der Waals surface area contributed by atoms with E-state index in [-0.39, 0.29) is 5.16 Å². The Hall–Kier alpha value is -1.38. The summed E-state index contributed by atoms with van der Waals surface area (Å²) < 4.78 is 0. The molecule has 2 aromatic carbocycles. The standard InChI is InChI=1S/C29H45NSi/c1-2-3-4-5-6-7-8-9-10-11-12-19-25-31-26-24-30-29(31,27-20-15-13-16-21-27)28-22-17-14-18-23-28/h13-18,20-23,30-31H,2-12,19,24-26H2,1H3. The highest BCUT2D eigenvalue weighted by Crippen LogP contribution is 2.39. The fraction of sp³-hybridized carbons (Fsp3) is 0.586. The van der Waals surface area contributed by atoms with E-state index in [9.17, 15) is 0 Å². The van der Waals surface area contributed by atoms with Crippen LogP contribution < -0.4 is 5.32 Å². The first-order valence-corrected chi connectivity index (χ1v) is 15.4. The molecular weight excluding hydrogens is 390 g/mol. The highest BCUT2D eigenvalue weighted by atomic mass is 28.3. The van der Waals surface area contributed by atoms with E-state index in [1.54, 1.807) is 0 Å². The zero-order valence-corrected chi connectivity index (χ0v) is 21.1. The zero-order valence-electron chi connectivity index (χ0n) is 20.0. The molecular formula is C29H45NSi. The monoisotopic (exact) mass is 435 g/mol. The molecule has 1 unspecified atom stereocenters. The zero-order chi connectivity index (χ0) is 21.6. The predicted octanol–water partition coefficient (Wildman–Crippen LogP) is 8.00. The molecule has 3 rings (SSSR count). The first kappa shape index (κ1) is 24.3. The van der Waals surface area contributed by atoms with Gasteiger partial charge < -0.3 is 5.32 Å². The Kier molecular flexibility index (Phi) is 10.9. The Morgan fingerprint density at radius 2 is 1.10 bits per heavy atom. The highest BCUT2D eigenvalue weighted by molar-refractivity contribution is 6.64. The molecule has 0 aromatic heterocycles. The van der Waals surface area contributed by atoms with Gasteiger partial charge in [-0.3, -0.25) is 0 Å². The molecule has 1 atom stereocenters. The van der Waals surface area contributed by atoms with Crippen LogP contribution >= 0.6 is 0 Å². The Morgan fingerprint density at radius 1 is 0.645 bits per heavy atom. The molecule has 0 amide bonds. The van der Waals surface area contributed by atoms with Gasteiger partial charge in [-0.15, -0.1) is 0 Å². The minimum atomic E-state index is -0.980. The van der Waals surface area contributed by atoms with Crippen molar-refractivity contribution in [1.82, 2.24) is 5.32 Å². The van der Waals surface area contributed by atoms with E-state index in [0.29, 0.717) is 0 Å². The van der Waals surface area contributed by atoms with Gasteiger partial charge >= 0.3 is 0 Å². The van der Waals surface area contributed by atoms with Gasteiger partial charge in [0.15, 0.2) is 0 Å². The summed E-state index contributed by atoms with van der Waals surface area (Å²) in [5.41, 5.74) is 2.99. The first-order valence-electron chi connectivity index (χ1n) is 13.2. The molecule has 1 nitrogen and oxygen atoms in total. The van der Waals surface area contributed by atoms with Crippen LogP contribution in [0.3, 0.4) is 0 Å². The van der Waals surface area contributed by atoms with Gasteiger partial charge in [-0.05, 0) is 23.7 Å². The van der Waals surface area contributed by atoms with Gasteiger partial charge in [-0.2, -0.15) is 0 Å². The van der Waals surface area contributed by atoms with Crippen LogP contribution in [0.15, 0.2) is 60.7 Å². The van der Waals surface area contributed by atoms with E-state index in [1.165, 1.54) is 107 Å². The largest absolute Gasteiger partial charge is 0.307 e. The molecule has 0 saturated carbocycles. The van der Waals surface area contributed by atoms with Crippen molar-refractivity contribution in [2.75, 3.05) is 6.54 Å². The maximum Gasteiger partial charge on any atom is 0.0733 e. The van der Waals surface area contributed by atoms with Crippen LogP contribution in [0.2, 0.25) is 12.1 Å². The van der Waals surface area contributed by atoms with Crippen molar-refractivity contribution in [3.05, 3.63) is 71.8 Å². The third-order valence-electron chi connectivity index (χ3n) is 7.37. The summed E-state index contributed by atoms with van der Waals surface area (Å²) in [7, 11) is -0.980. The minimum Gasteiger partial charge on any atom is -0.307 e. The van der Waals surface area contributed by atoms with Crippen LogP contribution in [0.25, 0.3) is 0 Å². The average molecular weight is 436 g/mol. The number of hydrogen-bond donors (Lipinski definition) is 1. The molecule has 170 valence electrons. The first-order chi connectivity index (χ1) is 15.4. The van der Waals surface area contributed by atoms with E-state index >= 15 is 0 Å². The molecule has 0 radical (unpaired) electrons. The lowest BCUT2D eigenvalue weighted by molar-refractivity contribution is 0.546. The second-order valence-corrected chi connectivity index (χ2v) is 13.0. The molecule has 1 heterocycles. The maximum absolute atomic E-state index is 4.01. The van der Waals surface area contributed by atoms with Crippen LogP contribution in [-0.2, 0) is 5.16 Å². The molecule has 31 heavy (non-hydrogen) atoms. The fourth-order valence-corrected chi connectivity index (χ4v) is 9.83. The quantitative estimate of drug-likeness (QED) is 0.221. The fourth-order valence-electron chi connectivity index (χ4n) is 5.64. The Balaban J connectivity index is 1.42. The predicted molar refractivity (Wildman–Crippen MR) is 140 cm³/mol. The molecule has 2 aromatic rings. The van der Waals surface area contributed by atoms with Crippen LogP contribution in [0, 0.1) is 0 Å². The molecule has 2 heteroatoms. The van der Waals surface area contributed by atoms with E-state index in [2.05, 4.69) is 72.9 Å². The molecule has 1 N–H and O–H groups in total. The summed E-state index contributed by atoms with van der Waals surface area (Å²) in [6.45, 7) is 3.48. The van der Waals surface area contributed by atoms with Crippen molar-refractivity contribution in [2.24, 2.45) is 0 Å². The number of rotatable bonds is 15. The molecule has 0 spiro atoms. The molecule has 0 bridgehead atoms. The van der Waals surface area contributed by atoms with Crippen molar-refractivity contribution in [3.63, 3.8) is 0 Å². The summed E-state index contributed by atoms with van der Waals surface area (Å²) in [5.74, 6) is 0. The molecule has 1 fully saturated rings. The second-order valence-electron chi connectivity index (χ2n) is 9.63. The van der Waals surface area contributed by atoms with Gasteiger partial charge in [-0.25, -0.2) is 0 Å². The van der Waals surface area contributed by atoms with Gasteiger partial charge in [0.2, 0.25) is 0 Å². The van der Waals surface area contributed by atoms with Crippen molar-refractivity contribution in [1.29, 1.82) is 0 Å². The summed E-state index contributed by atoms with van der Waals surface area (Å²) in [6, 6.07) is 25.5. The molecule has 1 saturated heterocycles. The summed E-state index contributed by atoms with van der Waals surface area (Å²) in [5, 5.41) is 4.13. The van der Waals surface area contributed by atoms with Crippen LogP contribution in [0.5, 0.6) is 0 Å². The lowest BCUT2D eigenvalue weighted by Gasteiger charge is -2.37. The normalized spacial score (nSPS) is 17.8. The van der Waals surface area contributed by atoms with Crippen LogP contribution in [0.4, 0.5) is 0 Å². The number of unbranched alkanes of at least 4 members (excludes halogenated alkanes) is 11. The van der Waals surface area contributed by atoms with E-state index in [4.69, 9.17) is 0 Å². The summed E-state index contributed by atoms with van der Waals surface area (Å²) in [4.78, 5) is 0. The van der Waals surface area contributed by atoms with Crippen molar-refractivity contribution in [2.45, 2.75) is 101 Å². The van der Waals surface area contributed by atoms with E-state index < -0.39 is 8.80 Å². The summed E-state index contributed by atoms with van der Waals surface area (Å²) >= 11 is 0. The lowest BCUT2D eigenvalue weighted by atomic mass is 9.97. The Labute approximate surface area is 193 Å². The van der Waals surface area contributed by atoms with Gasteiger partial charge in [0.1, 0.15) is 0 Å². The maximum atomic E-state index is 4.01. The average Bonchev–Trinajstić information content (AvgIpc) is 3.26. The Morgan fingerprint density at radius 3 is 1.58 bits per heavy atom. The number of hydrogen-bond acceptors (Lipinski definition) is 1. The third-order valence-corrected chi connectivity index (χ3v) is 11.6.